The summed E-state index contributed by atoms with van der Waals surface area (Å²) in [5, 5.41) is 5.91. The molecule has 1 aliphatic rings. The molecule has 38 heavy (non-hydrogen) atoms. The number of pyridine rings is 1. The lowest BCUT2D eigenvalue weighted by atomic mass is 10.0. The lowest BCUT2D eigenvalue weighted by Crippen LogP contribution is -2.46. The second kappa shape index (κ2) is 11.4. The highest BCUT2D eigenvalue weighted by molar-refractivity contribution is 8.00. The Kier molecular flexibility index (Phi) is 8.23. The minimum absolute atomic E-state index is 0.0206. The summed E-state index contributed by atoms with van der Waals surface area (Å²) in [5.74, 6) is 5.30. The highest BCUT2D eigenvalue weighted by Gasteiger charge is 2.33. The number of carbonyl (C=O) groups excluding carboxylic acids is 1. The van der Waals surface area contributed by atoms with Gasteiger partial charge in [-0.2, -0.15) is 13.2 Å². The molecule has 1 aliphatic heterocycles. The van der Waals surface area contributed by atoms with Crippen molar-refractivity contribution in [1.82, 2.24) is 14.3 Å². The number of piperidine rings is 1. The Morgan fingerprint density at radius 3 is 2.79 bits per heavy atom. The number of primary amides is 1. The van der Waals surface area contributed by atoms with E-state index in [9.17, 15) is 22.4 Å². The smallest absolute Gasteiger partial charge is 0.447 e. The second-order valence-electron chi connectivity index (χ2n) is 8.68. The summed E-state index contributed by atoms with van der Waals surface area (Å²) in [5.41, 5.74) is 2.03. The Balaban J connectivity index is 1.62. The van der Waals surface area contributed by atoms with Crippen molar-refractivity contribution >= 4 is 34.7 Å². The van der Waals surface area contributed by atoms with Crippen molar-refractivity contribution in [1.29, 1.82) is 0 Å². The molecule has 0 spiro atoms. The summed E-state index contributed by atoms with van der Waals surface area (Å²) in [7, 11) is 3.29. The molecule has 202 valence electrons. The Bertz CT molecular complexity index is 1380. The third-order valence-corrected chi connectivity index (χ3v) is 6.78. The summed E-state index contributed by atoms with van der Waals surface area (Å²) in [6.45, 7) is 0.982. The zero-order chi connectivity index (χ0) is 27.4. The number of anilines is 2. The van der Waals surface area contributed by atoms with Crippen LogP contribution in [-0.2, 0) is 0 Å². The largest absolute Gasteiger partial charge is 0.495 e. The summed E-state index contributed by atoms with van der Waals surface area (Å²) in [4.78, 5) is 17.7. The van der Waals surface area contributed by atoms with Crippen molar-refractivity contribution < 1.29 is 27.1 Å². The van der Waals surface area contributed by atoms with Crippen LogP contribution in [-0.4, -0.2) is 71.7 Å². The lowest BCUT2D eigenvalue weighted by molar-refractivity contribution is -0.0330. The summed E-state index contributed by atoms with van der Waals surface area (Å²) < 4.78 is 61.4. The SMILES string of the molecule is COc1ccc(C(N)=O)cc1NCC#Cc1nc2c(N[C@@H]3CCN(C)C[C@@H]3F)cccn2c1SC(F)(F)F. The van der Waals surface area contributed by atoms with E-state index in [1.54, 1.807) is 18.2 Å². The topological polar surface area (TPSA) is 96.9 Å². The molecule has 2 atom stereocenters. The van der Waals surface area contributed by atoms with E-state index in [0.717, 1.165) is 0 Å². The molecule has 1 fully saturated rings. The molecule has 4 N–H and O–H groups in total. The third-order valence-electron chi connectivity index (χ3n) is 5.96. The van der Waals surface area contributed by atoms with Crippen molar-refractivity contribution in [3.63, 3.8) is 0 Å². The molecule has 3 aromatic rings. The summed E-state index contributed by atoms with van der Waals surface area (Å²) in [6, 6.07) is 7.33. The van der Waals surface area contributed by atoms with Gasteiger partial charge < -0.3 is 26.0 Å². The van der Waals surface area contributed by atoms with Crippen LogP contribution in [0.3, 0.4) is 0 Å². The van der Waals surface area contributed by atoms with Crippen LogP contribution in [0.4, 0.5) is 28.9 Å². The molecule has 2 aromatic heterocycles. The predicted octanol–water partition coefficient (Wildman–Crippen LogP) is 3.97. The maximum Gasteiger partial charge on any atom is 0.447 e. The molecule has 4 rings (SSSR count). The minimum atomic E-state index is -4.57. The van der Waals surface area contributed by atoms with Crippen molar-refractivity contribution in [3.8, 4) is 17.6 Å². The number of benzene rings is 1. The van der Waals surface area contributed by atoms with E-state index < -0.39 is 23.6 Å². The van der Waals surface area contributed by atoms with Gasteiger partial charge in [-0.15, -0.1) is 0 Å². The number of imidazole rings is 1. The Morgan fingerprint density at radius 1 is 1.32 bits per heavy atom. The van der Waals surface area contributed by atoms with Gasteiger partial charge in [-0.05, 0) is 49.7 Å². The van der Waals surface area contributed by atoms with E-state index in [2.05, 4.69) is 27.5 Å². The molecule has 13 heteroatoms. The van der Waals surface area contributed by atoms with Crippen LogP contribution in [0.1, 0.15) is 22.5 Å². The molecule has 1 saturated heterocycles. The van der Waals surface area contributed by atoms with Gasteiger partial charge in [0, 0.05) is 36.6 Å². The summed E-state index contributed by atoms with van der Waals surface area (Å²) >= 11 is -0.318. The van der Waals surface area contributed by atoms with E-state index in [1.165, 1.54) is 29.8 Å². The van der Waals surface area contributed by atoms with E-state index in [4.69, 9.17) is 10.5 Å². The van der Waals surface area contributed by atoms with Gasteiger partial charge in [-0.25, -0.2) is 9.37 Å². The van der Waals surface area contributed by atoms with Crippen LogP contribution in [0, 0.1) is 11.8 Å². The van der Waals surface area contributed by atoms with Gasteiger partial charge in [-0.1, -0.05) is 5.92 Å². The third kappa shape index (κ3) is 6.43. The van der Waals surface area contributed by atoms with Gasteiger partial charge in [0.25, 0.3) is 0 Å². The molecule has 1 aromatic carbocycles. The number of nitrogens with two attached hydrogens (primary N) is 1. The number of aromatic nitrogens is 2. The molecule has 0 bridgehead atoms. The number of methoxy groups -OCH3 is 1. The number of nitrogens with one attached hydrogen (secondary N) is 2. The fourth-order valence-corrected chi connectivity index (χ4v) is 4.79. The number of fused-ring (bicyclic) bond motifs is 1. The van der Waals surface area contributed by atoms with Crippen LogP contribution >= 0.6 is 11.8 Å². The number of rotatable bonds is 7. The monoisotopic (exact) mass is 550 g/mol. The Labute approximate surface area is 220 Å². The average molecular weight is 551 g/mol. The number of carbonyl (C=O) groups is 1. The second-order valence-corrected chi connectivity index (χ2v) is 9.73. The van der Waals surface area contributed by atoms with Crippen molar-refractivity contribution in [2.45, 2.75) is 29.2 Å². The van der Waals surface area contributed by atoms with Gasteiger partial charge in [0.05, 0.1) is 31.1 Å². The molecule has 0 unspecified atom stereocenters. The first-order chi connectivity index (χ1) is 18.1. The predicted molar refractivity (Wildman–Crippen MR) is 138 cm³/mol. The number of likely N-dealkylation sites (tertiary alicyclic amines) is 1. The van der Waals surface area contributed by atoms with Gasteiger partial charge in [0.15, 0.2) is 5.65 Å². The first kappa shape index (κ1) is 27.4. The Hall–Kier alpha value is -3.63. The normalized spacial score (nSPS) is 18.1. The van der Waals surface area contributed by atoms with Gasteiger partial charge in [-0.3, -0.25) is 9.20 Å². The summed E-state index contributed by atoms with van der Waals surface area (Å²) in [6.07, 6.45) is 0.873. The fraction of sp³-hybridized carbons (Fsp3) is 0.360. The fourth-order valence-electron chi connectivity index (χ4n) is 4.13. The molecule has 8 nitrogen and oxygen atoms in total. The molecular weight excluding hydrogens is 524 g/mol. The van der Waals surface area contributed by atoms with E-state index >= 15 is 0 Å². The van der Waals surface area contributed by atoms with E-state index in [-0.39, 0.29) is 46.8 Å². The highest BCUT2D eigenvalue weighted by Crippen LogP contribution is 2.39. The molecule has 1 amide bonds. The molecule has 0 saturated carbocycles. The van der Waals surface area contributed by atoms with E-state index in [0.29, 0.717) is 30.1 Å². The first-order valence-electron chi connectivity index (χ1n) is 11.6. The standard InChI is InChI=1S/C25H26F4N6O2S/c1-34-12-9-17(16(26)14-34)32-18-6-4-11-35-23(18)33-19(24(35)38-25(27,28)29)5-3-10-31-20-13-15(22(30)36)7-8-21(20)37-2/h4,6-8,11,13,16-17,31-32H,9-10,12,14H2,1-2H3,(H2,30,36)/t16-,17+/m0/s1. The number of ether oxygens (including phenoxy) is 1. The Morgan fingerprint density at radius 2 is 2.11 bits per heavy atom. The maximum absolute atomic E-state index is 14.6. The minimum Gasteiger partial charge on any atom is -0.495 e. The zero-order valence-electron chi connectivity index (χ0n) is 20.6. The van der Waals surface area contributed by atoms with Crippen LogP contribution in [0.5, 0.6) is 5.75 Å². The number of amides is 1. The van der Waals surface area contributed by atoms with Gasteiger partial charge >= 0.3 is 5.51 Å². The number of hydrogen-bond acceptors (Lipinski definition) is 7. The van der Waals surface area contributed by atoms with Crippen LogP contribution in [0.25, 0.3) is 5.65 Å². The van der Waals surface area contributed by atoms with Gasteiger partial charge in [0.2, 0.25) is 5.91 Å². The zero-order valence-corrected chi connectivity index (χ0v) is 21.4. The maximum atomic E-state index is 14.6. The number of halogens is 4. The number of nitrogens with zero attached hydrogens (tertiary/aromatic N) is 3. The van der Waals surface area contributed by atoms with Crippen molar-refractivity contribution in [3.05, 3.63) is 47.8 Å². The molecule has 0 radical (unpaired) electrons. The van der Waals surface area contributed by atoms with E-state index in [1.807, 2.05) is 11.9 Å². The highest BCUT2D eigenvalue weighted by atomic mass is 32.2. The molecule has 0 aliphatic carbocycles. The first-order valence-corrected chi connectivity index (χ1v) is 12.4. The quantitative estimate of drug-likeness (QED) is 0.233. The lowest BCUT2D eigenvalue weighted by Gasteiger charge is -2.33. The number of thioether (sulfide) groups is 1. The van der Waals surface area contributed by atoms with Crippen molar-refractivity contribution in [2.24, 2.45) is 5.73 Å². The molecular formula is C25H26F4N6O2S. The number of alkyl halides is 4. The van der Waals surface area contributed by atoms with Crippen LogP contribution in [0.15, 0.2) is 41.6 Å². The van der Waals surface area contributed by atoms with Gasteiger partial charge in [0.1, 0.15) is 22.6 Å². The van der Waals surface area contributed by atoms with Crippen molar-refractivity contribution in [2.75, 3.05) is 44.4 Å². The van der Waals surface area contributed by atoms with Crippen LogP contribution < -0.4 is 21.1 Å². The van der Waals surface area contributed by atoms with Crippen LogP contribution in [0.2, 0.25) is 0 Å². The number of hydrogen-bond donors (Lipinski definition) is 3. The molecule has 3 heterocycles. The average Bonchev–Trinajstić information content (AvgIpc) is 3.20.